The summed E-state index contributed by atoms with van der Waals surface area (Å²) in [6, 6.07) is 0. The Labute approximate surface area is 179 Å². The first-order chi connectivity index (χ1) is 14.0. The quantitative estimate of drug-likeness (QED) is 0.485. The van der Waals surface area contributed by atoms with E-state index in [1.165, 1.54) is 0 Å². The van der Waals surface area contributed by atoms with Crippen molar-refractivity contribution in [3.63, 3.8) is 0 Å². The van der Waals surface area contributed by atoms with Crippen molar-refractivity contribution in [2.45, 2.75) is 91.1 Å². The Morgan fingerprint density at radius 2 is 1.87 bits per heavy atom. The highest BCUT2D eigenvalue weighted by atomic mass is 16.6. The van der Waals surface area contributed by atoms with Crippen LogP contribution in [0.15, 0.2) is 0 Å². The van der Waals surface area contributed by atoms with Crippen LogP contribution in [0.25, 0.3) is 0 Å². The molecule has 2 bridgehead atoms. The SMILES string of the molecule is CCC(C)(C)C(=O)OCC(O)COC(=O)CC12CCCC(CC(CCC(=O)O)C1)C2. The van der Waals surface area contributed by atoms with E-state index in [2.05, 4.69) is 0 Å². The van der Waals surface area contributed by atoms with Gasteiger partial charge in [0.2, 0.25) is 0 Å². The summed E-state index contributed by atoms with van der Waals surface area (Å²) >= 11 is 0. The van der Waals surface area contributed by atoms with E-state index in [0.29, 0.717) is 31.1 Å². The molecule has 0 radical (unpaired) electrons. The highest BCUT2D eigenvalue weighted by molar-refractivity contribution is 5.75. The van der Waals surface area contributed by atoms with Crippen molar-refractivity contribution in [1.82, 2.24) is 0 Å². The van der Waals surface area contributed by atoms with Crippen molar-refractivity contribution < 1.29 is 34.1 Å². The number of esters is 2. The maximum Gasteiger partial charge on any atom is 0.311 e. The zero-order valence-corrected chi connectivity index (χ0v) is 18.7. The highest BCUT2D eigenvalue weighted by Gasteiger charge is 2.44. The number of ether oxygens (including phenoxy) is 2. The topological polar surface area (TPSA) is 110 Å². The van der Waals surface area contributed by atoms with Gasteiger partial charge in [-0.1, -0.05) is 19.8 Å². The molecule has 4 atom stereocenters. The first kappa shape index (κ1) is 24.6. The molecular formula is C23H38O7. The molecule has 172 valence electrons. The second kappa shape index (κ2) is 10.6. The third-order valence-corrected chi connectivity index (χ3v) is 7.00. The largest absolute Gasteiger partial charge is 0.481 e. The Morgan fingerprint density at radius 3 is 2.53 bits per heavy atom. The van der Waals surface area contributed by atoms with Crippen LogP contribution in [0.2, 0.25) is 0 Å². The molecule has 0 heterocycles. The van der Waals surface area contributed by atoms with Crippen LogP contribution in [0, 0.1) is 22.7 Å². The minimum Gasteiger partial charge on any atom is -0.481 e. The Morgan fingerprint density at radius 1 is 1.17 bits per heavy atom. The van der Waals surface area contributed by atoms with Gasteiger partial charge < -0.3 is 19.7 Å². The summed E-state index contributed by atoms with van der Waals surface area (Å²) < 4.78 is 10.4. The summed E-state index contributed by atoms with van der Waals surface area (Å²) in [5.74, 6) is -0.576. The molecule has 0 amide bonds. The first-order valence-electron chi connectivity index (χ1n) is 11.3. The Hall–Kier alpha value is -1.63. The molecule has 7 heteroatoms. The summed E-state index contributed by atoms with van der Waals surface area (Å²) in [4.78, 5) is 35.4. The molecule has 2 aliphatic rings. The van der Waals surface area contributed by atoms with E-state index in [1.54, 1.807) is 13.8 Å². The molecule has 7 nitrogen and oxygen atoms in total. The molecule has 30 heavy (non-hydrogen) atoms. The fourth-order valence-corrected chi connectivity index (χ4v) is 5.02. The number of carboxylic acid groups (broad SMARTS) is 1. The minimum atomic E-state index is -1.04. The van der Waals surface area contributed by atoms with Crippen molar-refractivity contribution in [3.8, 4) is 0 Å². The molecule has 0 aliphatic heterocycles. The van der Waals surface area contributed by atoms with Gasteiger partial charge in [0.05, 0.1) is 11.8 Å². The molecule has 0 spiro atoms. The average molecular weight is 427 g/mol. The molecule has 2 aliphatic carbocycles. The van der Waals surface area contributed by atoms with Crippen LogP contribution in [0.1, 0.15) is 85.0 Å². The molecule has 0 aromatic heterocycles. The second-order valence-electron chi connectivity index (χ2n) is 10.1. The van der Waals surface area contributed by atoms with Gasteiger partial charge in [0.25, 0.3) is 0 Å². The fraction of sp³-hybridized carbons (Fsp3) is 0.870. The van der Waals surface area contributed by atoms with Crippen LogP contribution in [0.4, 0.5) is 0 Å². The zero-order chi connectivity index (χ0) is 22.4. The van der Waals surface area contributed by atoms with Gasteiger partial charge in [0.1, 0.15) is 19.3 Å². The monoisotopic (exact) mass is 426 g/mol. The zero-order valence-electron chi connectivity index (χ0n) is 18.7. The van der Waals surface area contributed by atoms with E-state index in [0.717, 1.165) is 38.5 Å². The molecule has 0 aromatic rings. The summed E-state index contributed by atoms with van der Waals surface area (Å²) in [7, 11) is 0. The average Bonchev–Trinajstić information content (AvgIpc) is 2.68. The Balaban J connectivity index is 1.79. The van der Waals surface area contributed by atoms with E-state index in [9.17, 15) is 19.5 Å². The second-order valence-corrected chi connectivity index (χ2v) is 10.1. The van der Waals surface area contributed by atoms with Crippen molar-refractivity contribution in [2.24, 2.45) is 22.7 Å². The maximum absolute atomic E-state index is 12.5. The van der Waals surface area contributed by atoms with Crippen LogP contribution < -0.4 is 0 Å². The number of carbonyl (C=O) groups excluding carboxylic acids is 2. The van der Waals surface area contributed by atoms with Crippen LogP contribution in [0.3, 0.4) is 0 Å². The predicted octanol–water partition coefficient (Wildman–Crippen LogP) is 3.71. The fourth-order valence-electron chi connectivity index (χ4n) is 5.02. The van der Waals surface area contributed by atoms with Crippen LogP contribution in [-0.2, 0) is 23.9 Å². The van der Waals surface area contributed by atoms with Crippen molar-refractivity contribution in [2.75, 3.05) is 13.2 Å². The van der Waals surface area contributed by atoms with Gasteiger partial charge in [-0.2, -0.15) is 0 Å². The van der Waals surface area contributed by atoms with Crippen molar-refractivity contribution in [1.29, 1.82) is 0 Å². The molecule has 2 saturated carbocycles. The summed E-state index contributed by atoms with van der Waals surface area (Å²) in [5.41, 5.74) is -0.713. The smallest absolute Gasteiger partial charge is 0.311 e. The number of aliphatic hydroxyl groups excluding tert-OH is 1. The number of rotatable bonds is 11. The number of aliphatic carboxylic acids is 1. The molecule has 0 saturated heterocycles. The van der Waals surface area contributed by atoms with E-state index < -0.39 is 17.5 Å². The molecule has 2 fully saturated rings. The number of hydrogen-bond donors (Lipinski definition) is 2. The lowest BCUT2D eigenvalue weighted by molar-refractivity contribution is -0.161. The van der Waals surface area contributed by atoms with Gasteiger partial charge >= 0.3 is 17.9 Å². The van der Waals surface area contributed by atoms with E-state index in [4.69, 9.17) is 14.6 Å². The lowest BCUT2D eigenvalue weighted by Gasteiger charge is -2.48. The molecule has 4 unspecified atom stereocenters. The summed E-state index contributed by atoms with van der Waals surface area (Å²) in [6.07, 6.45) is 6.88. The lowest BCUT2D eigenvalue weighted by atomic mass is 9.57. The van der Waals surface area contributed by atoms with Gasteiger partial charge in [-0.3, -0.25) is 14.4 Å². The molecule has 2 rings (SSSR count). The number of aliphatic hydroxyl groups is 1. The highest BCUT2D eigenvalue weighted by Crippen LogP contribution is 2.53. The molecule has 2 N–H and O–H groups in total. The number of fused-ring (bicyclic) bond motifs is 2. The van der Waals surface area contributed by atoms with Crippen molar-refractivity contribution in [3.05, 3.63) is 0 Å². The third-order valence-electron chi connectivity index (χ3n) is 7.00. The van der Waals surface area contributed by atoms with E-state index in [1.807, 2.05) is 6.92 Å². The first-order valence-corrected chi connectivity index (χ1v) is 11.3. The van der Waals surface area contributed by atoms with Gasteiger partial charge in [-0.15, -0.1) is 0 Å². The maximum atomic E-state index is 12.5. The van der Waals surface area contributed by atoms with Crippen LogP contribution in [0.5, 0.6) is 0 Å². The predicted molar refractivity (Wildman–Crippen MR) is 111 cm³/mol. The van der Waals surface area contributed by atoms with E-state index in [-0.39, 0.29) is 37.0 Å². The Bertz CT molecular complexity index is 615. The van der Waals surface area contributed by atoms with Gasteiger partial charge in [-0.05, 0) is 69.6 Å². The van der Waals surface area contributed by atoms with Crippen LogP contribution in [-0.4, -0.2) is 47.4 Å². The number of carbonyl (C=O) groups is 3. The molecular weight excluding hydrogens is 388 g/mol. The Kier molecular flexibility index (Phi) is 8.71. The summed E-state index contributed by atoms with van der Waals surface area (Å²) in [6.45, 7) is 5.07. The normalized spacial score (nSPS) is 27.2. The lowest BCUT2D eigenvalue weighted by Crippen LogP contribution is -2.39. The summed E-state index contributed by atoms with van der Waals surface area (Å²) in [5, 5.41) is 19.0. The number of carboxylic acids is 1. The van der Waals surface area contributed by atoms with E-state index >= 15 is 0 Å². The number of hydrogen-bond acceptors (Lipinski definition) is 6. The van der Waals surface area contributed by atoms with Gasteiger partial charge in [0.15, 0.2) is 0 Å². The minimum absolute atomic E-state index is 0.107. The van der Waals surface area contributed by atoms with Crippen molar-refractivity contribution >= 4 is 17.9 Å². The van der Waals surface area contributed by atoms with Gasteiger partial charge in [0, 0.05) is 6.42 Å². The van der Waals surface area contributed by atoms with Crippen LogP contribution >= 0.6 is 0 Å². The standard InChI is InChI=1S/C23H38O7/c1-4-22(2,3)21(28)30-15-18(24)14-29-20(27)13-23-9-5-6-16(11-23)10-17(12-23)7-8-19(25)26/h16-18,24H,4-15H2,1-3H3,(H,25,26). The third kappa shape index (κ3) is 7.25. The van der Waals surface area contributed by atoms with Gasteiger partial charge in [-0.25, -0.2) is 0 Å². The molecule has 0 aromatic carbocycles.